The lowest BCUT2D eigenvalue weighted by molar-refractivity contribution is -0.121. The zero-order valence-corrected chi connectivity index (χ0v) is 21.3. The molecule has 1 aliphatic carbocycles. The fourth-order valence-electron chi connectivity index (χ4n) is 4.28. The van der Waals surface area contributed by atoms with E-state index in [1.807, 2.05) is 0 Å². The summed E-state index contributed by atoms with van der Waals surface area (Å²) in [6, 6.07) is 12.3. The number of carbonyl (C=O) groups is 3. The molecule has 2 aromatic carbocycles. The predicted octanol–water partition coefficient (Wildman–Crippen LogP) is 3.48. The van der Waals surface area contributed by atoms with Crippen LogP contribution < -0.4 is 9.47 Å². The van der Waals surface area contributed by atoms with Crippen LogP contribution in [0.4, 0.5) is 0 Å². The number of morpholine rings is 1. The van der Waals surface area contributed by atoms with Gasteiger partial charge in [0.05, 0.1) is 40.1 Å². The van der Waals surface area contributed by atoms with Crippen LogP contribution in [-0.4, -0.2) is 70.0 Å². The summed E-state index contributed by atoms with van der Waals surface area (Å²) in [7, 11) is 4.21. The number of hydrogen-bond acceptors (Lipinski definition) is 8. The van der Waals surface area contributed by atoms with Gasteiger partial charge in [0, 0.05) is 36.7 Å². The summed E-state index contributed by atoms with van der Waals surface area (Å²) in [4.78, 5) is 41.1. The Labute approximate surface area is 215 Å². The first-order valence-electron chi connectivity index (χ1n) is 11.8. The summed E-state index contributed by atoms with van der Waals surface area (Å²) in [5.41, 5.74) is 1.57. The normalized spacial score (nSPS) is 16.2. The van der Waals surface area contributed by atoms with Gasteiger partial charge in [-0.3, -0.25) is 14.4 Å². The molecule has 0 atom stereocenters. The zero-order valence-electron chi connectivity index (χ0n) is 21.3. The SMILES string of the molecule is COC1=C(OC)C(=O)C(Cc2ccc(Oc3cccc(OC)c3)c(C(=O)N3CCOCC3)c2)=C(C)C1=O. The number of methoxy groups -OCH3 is 3. The van der Waals surface area contributed by atoms with Gasteiger partial charge in [-0.15, -0.1) is 0 Å². The highest BCUT2D eigenvalue weighted by Crippen LogP contribution is 2.32. The van der Waals surface area contributed by atoms with Crippen molar-refractivity contribution in [3.05, 3.63) is 76.3 Å². The van der Waals surface area contributed by atoms with Gasteiger partial charge in [-0.25, -0.2) is 0 Å². The molecule has 4 rings (SSSR count). The van der Waals surface area contributed by atoms with Gasteiger partial charge in [0.15, 0.2) is 0 Å². The molecular weight excluding hydrogens is 478 g/mol. The summed E-state index contributed by atoms with van der Waals surface area (Å²) < 4.78 is 27.1. The van der Waals surface area contributed by atoms with Gasteiger partial charge in [0.25, 0.3) is 5.91 Å². The number of amides is 1. The summed E-state index contributed by atoms with van der Waals surface area (Å²) in [5.74, 6) is 0.218. The van der Waals surface area contributed by atoms with Crippen LogP contribution in [0.5, 0.6) is 17.2 Å². The highest BCUT2D eigenvalue weighted by Gasteiger charge is 2.35. The van der Waals surface area contributed by atoms with Crippen molar-refractivity contribution >= 4 is 17.5 Å². The molecule has 0 N–H and O–H groups in total. The lowest BCUT2D eigenvalue weighted by atomic mass is 9.88. The van der Waals surface area contributed by atoms with Crippen molar-refractivity contribution in [2.24, 2.45) is 0 Å². The van der Waals surface area contributed by atoms with E-state index in [0.29, 0.717) is 54.7 Å². The number of ketones is 2. The van der Waals surface area contributed by atoms with E-state index >= 15 is 0 Å². The van der Waals surface area contributed by atoms with Gasteiger partial charge in [-0.2, -0.15) is 0 Å². The quantitative estimate of drug-likeness (QED) is 0.501. The van der Waals surface area contributed by atoms with Gasteiger partial charge < -0.3 is 28.6 Å². The van der Waals surface area contributed by atoms with Crippen molar-refractivity contribution in [2.45, 2.75) is 13.3 Å². The standard InChI is InChI=1S/C28H29NO8/c1-17-21(25(31)27(35-4)26(34-3)24(17)30)14-18-8-9-23(37-20-7-5-6-19(16-20)33-2)22(15-18)28(32)29-10-12-36-13-11-29/h5-9,15-16H,10-14H2,1-4H3. The minimum absolute atomic E-state index is 0.112. The summed E-state index contributed by atoms with van der Waals surface area (Å²) >= 11 is 0. The Hall–Kier alpha value is -4.11. The van der Waals surface area contributed by atoms with Crippen molar-refractivity contribution in [2.75, 3.05) is 47.6 Å². The average Bonchev–Trinajstić information content (AvgIpc) is 2.93. The molecule has 0 saturated carbocycles. The van der Waals surface area contributed by atoms with E-state index in [9.17, 15) is 14.4 Å². The zero-order chi connectivity index (χ0) is 26.5. The molecule has 0 spiro atoms. The molecule has 9 nitrogen and oxygen atoms in total. The summed E-state index contributed by atoms with van der Waals surface area (Å²) in [6.45, 7) is 3.41. The summed E-state index contributed by atoms with van der Waals surface area (Å²) in [6.07, 6.45) is 0.128. The van der Waals surface area contributed by atoms with Gasteiger partial charge in [0.1, 0.15) is 17.2 Å². The van der Waals surface area contributed by atoms with Gasteiger partial charge in [-0.1, -0.05) is 12.1 Å². The van der Waals surface area contributed by atoms with E-state index in [0.717, 1.165) is 0 Å². The first-order chi connectivity index (χ1) is 17.9. The van der Waals surface area contributed by atoms with Crippen molar-refractivity contribution in [1.29, 1.82) is 0 Å². The highest BCUT2D eigenvalue weighted by molar-refractivity contribution is 6.23. The Kier molecular flexibility index (Phi) is 7.93. The Morgan fingerprint density at radius 1 is 0.892 bits per heavy atom. The molecular formula is C28H29NO8. The third kappa shape index (κ3) is 5.36. The monoisotopic (exact) mass is 507 g/mol. The Balaban J connectivity index is 1.70. The van der Waals surface area contributed by atoms with Crippen molar-refractivity contribution < 1.29 is 38.1 Å². The van der Waals surface area contributed by atoms with Crippen LogP contribution in [0.3, 0.4) is 0 Å². The molecule has 1 saturated heterocycles. The fourth-order valence-corrected chi connectivity index (χ4v) is 4.28. The number of benzene rings is 2. The first kappa shape index (κ1) is 26.0. The van der Waals surface area contributed by atoms with Gasteiger partial charge in [-0.05, 0) is 36.8 Å². The lowest BCUT2D eigenvalue weighted by Crippen LogP contribution is -2.40. The fraction of sp³-hybridized carbons (Fsp3) is 0.321. The maximum absolute atomic E-state index is 13.5. The largest absolute Gasteiger partial charge is 0.497 e. The third-order valence-electron chi connectivity index (χ3n) is 6.32. The Bertz CT molecular complexity index is 1290. The molecule has 0 aromatic heterocycles. The van der Waals surface area contributed by atoms with Crippen LogP contribution in [0.25, 0.3) is 0 Å². The van der Waals surface area contributed by atoms with Crippen molar-refractivity contribution in [1.82, 2.24) is 4.90 Å². The number of rotatable bonds is 8. The number of carbonyl (C=O) groups excluding carboxylic acids is 3. The number of allylic oxidation sites excluding steroid dienone is 2. The van der Waals surface area contributed by atoms with E-state index in [1.165, 1.54) is 14.2 Å². The molecule has 2 aliphatic rings. The Morgan fingerprint density at radius 2 is 1.57 bits per heavy atom. The molecule has 9 heteroatoms. The van der Waals surface area contributed by atoms with E-state index < -0.39 is 11.6 Å². The van der Waals surface area contributed by atoms with Crippen LogP contribution in [0.15, 0.2) is 65.1 Å². The molecule has 194 valence electrons. The van der Waals surface area contributed by atoms with E-state index in [-0.39, 0.29) is 35.0 Å². The van der Waals surface area contributed by atoms with Crippen LogP contribution >= 0.6 is 0 Å². The van der Waals surface area contributed by atoms with E-state index in [4.69, 9.17) is 23.7 Å². The van der Waals surface area contributed by atoms with Gasteiger partial charge in [0.2, 0.25) is 23.1 Å². The lowest BCUT2D eigenvalue weighted by Gasteiger charge is -2.28. The molecule has 2 aromatic rings. The minimum Gasteiger partial charge on any atom is -0.497 e. The number of hydrogen-bond donors (Lipinski definition) is 0. The first-order valence-corrected chi connectivity index (χ1v) is 11.8. The van der Waals surface area contributed by atoms with Crippen molar-refractivity contribution in [3.8, 4) is 17.2 Å². The van der Waals surface area contributed by atoms with Crippen LogP contribution in [-0.2, 0) is 30.2 Å². The smallest absolute Gasteiger partial charge is 0.257 e. The third-order valence-corrected chi connectivity index (χ3v) is 6.32. The molecule has 0 unspecified atom stereocenters. The highest BCUT2D eigenvalue weighted by atomic mass is 16.5. The molecule has 1 amide bonds. The molecule has 1 fully saturated rings. The molecule has 0 radical (unpaired) electrons. The topological polar surface area (TPSA) is 101 Å². The molecule has 1 aliphatic heterocycles. The van der Waals surface area contributed by atoms with Gasteiger partial charge >= 0.3 is 0 Å². The maximum atomic E-state index is 13.5. The maximum Gasteiger partial charge on any atom is 0.257 e. The van der Waals surface area contributed by atoms with Crippen LogP contribution in [0.2, 0.25) is 0 Å². The van der Waals surface area contributed by atoms with E-state index in [1.54, 1.807) is 61.4 Å². The second-order valence-electron chi connectivity index (χ2n) is 8.52. The van der Waals surface area contributed by atoms with Crippen molar-refractivity contribution in [3.63, 3.8) is 0 Å². The molecule has 37 heavy (non-hydrogen) atoms. The number of ether oxygens (including phenoxy) is 5. The molecule has 1 heterocycles. The van der Waals surface area contributed by atoms with E-state index in [2.05, 4.69) is 0 Å². The van der Waals surface area contributed by atoms with Crippen LogP contribution in [0.1, 0.15) is 22.8 Å². The summed E-state index contributed by atoms with van der Waals surface area (Å²) in [5, 5.41) is 0. The minimum atomic E-state index is -0.422. The second-order valence-corrected chi connectivity index (χ2v) is 8.52. The van der Waals surface area contributed by atoms with Crippen LogP contribution in [0, 0.1) is 0 Å². The second kappa shape index (κ2) is 11.3. The number of nitrogens with zero attached hydrogens (tertiary/aromatic N) is 1. The Morgan fingerprint density at radius 3 is 2.24 bits per heavy atom. The predicted molar refractivity (Wildman–Crippen MR) is 134 cm³/mol. The average molecular weight is 508 g/mol. The number of Topliss-reactive ketones (excluding diaryl/α,β-unsaturated/α-hetero) is 2. The molecule has 0 bridgehead atoms.